The highest BCUT2D eigenvalue weighted by atomic mass is 16.5. The minimum atomic E-state index is 0.00840. The van der Waals surface area contributed by atoms with Crippen molar-refractivity contribution in [3.05, 3.63) is 29.8 Å². The second-order valence-corrected chi connectivity index (χ2v) is 5.28. The average Bonchev–Trinajstić information content (AvgIpc) is 2.96. The topological polar surface area (TPSA) is 38.3 Å². The summed E-state index contributed by atoms with van der Waals surface area (Å²) in [6.45, 7) is 0.779. The van der Waals surface area contributed by atoms with Gasteiger partial charge in [0.15, 0.2) is 0 Å². The molecule has 0 unspecified atom stereocenters. The number of nitrogens with one attached hydrogen (secondary N) is 1. The fraction of sp³-hybridized carbons (Fsp3) is 0.562. The van der Waals surface area contributed by atoms with E-state index in [4.69, 9.17) is 4.74 Å². The molecule has 0 saturated heterocycles. The molecular weight excluding hydrogens is 238 g/mol. The van der Waals surface area contributed by atoms with Crippen LogP contribution < -0.4 is 10.1 Å². The molecule has 1 fully saturated rings. The van der Waals surface area contributed by atoms with E-state index < -0.39 is 0 Å². The summed E-state index contributed by atoms with van der Waals surface area (Å²) in [7, 11) is 1.62. The van der Waals surface area contributed by atoms with E-state index in [0.717, 1.165) is 24.6 Å². The van der Waals surface area contributed by atoms with Crippen LogP contribution in [0, 0.1) is 5.92 Å². The predicted octanol–water partition coefficient (Wildman–Crippen LogP) is 3.40. The summed E-state index contributed by atoms with van der Waals surface area (Å²) in [5.41, 5.74) is 0.696. The fourth-order valence-electron chi connectivity index (χ4n) is 2.74. The largest absolute Gasteiger partial charge is 0.497 e. The molecule has 0 atom stereocenters. The number of methoxy groups -OCH3 is 1. The highest BCUT2D eigenvalue weighted by Crippen LogP contribution is 2.28. The maximum Gasteiger partial charge on any atom is 0.251 e. The molecule has 104 valence electrons. The smallest absolute Gasteiger partial charge is 0.251 e. The molecule has 1 N–H and O–H groups in total. The van der Waals surface area contributed by atoms with Gasteiger partial charge < -0.3 is 10.1 Å². The molecule has 3 heteroatoms. The molecule has 1 aliphatic rings. The van der Waals surface area contributed by atoms with Gasteiger partial charge in [-0.05, 0) is 43.0 Å². The van der Waals surface area contributed by atoms with Crippen LogP contribution in [0.5, 0.6) is 5.75 Å². The van der Waals surface area contributed by atoms with Gasteiger partial charge in [0.05, 0.1) is 7.11 Å². The number of amides is 1. The Morgan fingerprint density at radius 1 is 1.26 bits per heavy atom. The number of hydrogen-bond acceptors (Lipinski definition) is 2. The van der Waals surface area contributed by atoms with Crippen molar-refractivity contribution in [2.45, 2.75) is 38.5 Å². The molecule has 1 amide bonds. The lowest BCUT2D eigenvalue weighted by atomic mass is 10.0. The summed E-state index contributed by atoms with van der Waals surface area (Å²) in [5, 5.41) is 2.98. The first-order valence-electron chi connectivity index (χ1n) is 7.22. The summed E-state index contributed by atoms with van der Waals surface area (Å²) in [4.78, 5) is 11.9. The van der Waals surface area contributed by atoms with Crippen LogP contribution in [0.4, 0.5) is 0 Å². The summed E-state index contributed by atoms with van der Waals surface area (Å²) in [5.74, 6) is 1.68. The Kier molecular flexibility index (Phi) is 5.25. The van der Waals surface area contributed by atoms with Gasteiger partial charge in [-0.15, -0.1) is 0 Å². The van der Waals surface area contributed by atoms with Crippen molar-refractivity contribution in [1.29, 1.82) is 0 Å². The van der Waals surface area contributed by atoms with E-state index in [-0.39, 0.29) is 5.91 Å². The van der Waals surface area contributed by atoms with Crippen LogP contribution >= 0.6 is 0 Å². The lowest BCUT2D eigenvalue weighted by Gasteiger charge is -2.09. The molecule has 2 rings (SSSR count). The maximum atomic E-state index is 11.9. The molecular formula is C16H23NO2. The molecule has 0 spiro atoms. The molecule has 0 heterocycles. The van der Waals surface area contributed by atoms with Crippen LogP contribution in [0.15, 0.2) is 24.3 Å². The highest BCUT2D eigenvalue weighted by molar-refractivity contribution is 5.94. The average molecular weight is 261 g/mol. The Balaban J connectivity index is 1.68. The molecule has 0 bridgehead atoms. The van der Waals surface area contributed by atoms with Gasteiger partial charge in [0.2, 0.25) is 0 Å². The SMILES string of the molecule is COc1ccc(C(=O)NCCCC2CCCC2)cc1. The number of hydrogen-bond donors (Lipinski definition) is 1. The van der Waals surface area contributed by atoms with Crippen molar-refractivity contribution in [2.75, 3.05) is 13.7 Å². The lowest BCUT2D eigenvalue weighted by Crippen LogP contribution is -2.24. The van der Waals surface area contributed by atoms with Crippen molar-refractivity contribution in [2.24, 2.45) is 5.92 Å². The van der Waals surface area contributed by atoms with Crippen molar-refractivity contribution in [3.63, 3.8) is 0 Å². The van der Waals surface area contributed by atoms with Gasteiger partial charge in [-0.3, -0.25) is 4.79 Å². The van der Waals surface area contributed by atoms with Gasteiger partial charge in [0.1, 0.15) is 5.75 Å². The number of ether oxygens (including phenoxy) is 1. The molecule has 19 heavy (non-hydrogen) atoms. The summed E-state index contributed by atoms with van der Waals surface area (Å²) in [6, 6.07) is 7.22. The zero-order valence-electron chi connectivity index (χ0n) is 11.7. The van der Waals surface area contributed by atoms with Crippen LogP contribution in [0.1, 0.15) is 48.9 Å². The van der Waals surface area contributed by atoms with E-state index in [1.165, 1.54) is 32.1 Å². The van der Waals surface area contributed by atoms with E-state index in [1.807, 2.05) is 12.1 Å². The first-order valence-corrected chi connectivity index (χ1v) is 7.22. The fourth-order valence-corrected chi connectivity index (χ4v) is 2.74. The van der Waals surface area contributed by atoms with Crippen LogP contribution in [-0.4, -0.2) is 19.6 Å². The molecule has 0 radical (unpaired) electrons. The van der Waals surface area contributed by atoms with Crippen molar-refractivity contribution >= 4 is 5.91 Å². The summed E-state index contributed by atoms with van der Waals surface area (Å²) in [6.07, 6.45) is 7.89. The minimum Gasteiger partial charge on any atom is -0.497 e. The second kappa shape index (κ2) is 7.17. The Morgan fingerprint density at radius 3 is 2.58 bits per heavy atom. The van der Waals surface area contributed by atoms with Gasteiger partial charge in [-0.2, -0.15) is 0 Å². The Labute approximate surface area is 115 Å². The van der Waals surface area contributed by atoms with Gasteiger partial charge in [0, 0.05) is 12.1 Å². The number of carbonyl (C=O) groups is 1. The maximum absolute atomic E-state index is 11.9. The third-order valence-corrected chi connectivity index (χ3v) is 3.90. The first-order chi connectivity index (χ1) is 9.29. The Hall–Kier alpha value is -1.51. The van der Waals surface area contributed by atoms with Crippen LogP contribution in [0.25, 0.3) is 0 Å². The normalized spacial score (nSPS) is 15.4. The third-order valence-electron chi connectivity index (χ3n) is 3.90. The van der Waals surface area contributed by atoms with Crippen LogP contribution in [-0.2, 0) is 0 Å². The lowest BCUT2D eigenvalue weighted by molar-refractivity contribution is 0.0952. The zero-order chi connectivity index (χ0) is 13.5. The quantitative estimate of drug-likeness (QED) is 0.797. The number of rotatable bonds is 6. The molecule has 1 aromatic carbocycles. The van der Waals surface area contributed by atoms with E-state index in [9.17, 15) is 4.79 Å². The van der Waals surface area contributed by atoms with Crippen LogP contribution in [0.3, 0.4) is 0 Å². The van der Waals surface area contributed by atoms with Crippen molar-refractivity contribution < 1.29 is 9.53 Å². The Morgan fingerprint density at radius 2 is 1.95 bits per heavy atom. The van der Waals surface area contributed by atoms with E-state index in [0.29, 0.717) is 5.56 Å². The Bertz CT molecular complexity index is 394. The predicted molar refractivity (Wildman–Crippen MR) is 76.5 cm³/mol. The molecule has 0 aliphatic heterocycles. The second-order valence-electron chi connectivity index (χ2n) is 5.28. The van der Waals surface area contributed by atoms with Crippen molar-refractivity contribution in [1.82, 2.24) is 5.32 Å². The van der Waals surface area contributed by atoms with E-state index in [1.54, 1.807) is 19.2 Å². The van der Waals surface area contributed by atoms with Gasteiger partial charge >= 0.3 is 0 Å². The standard InChI is InChI=1S/C16H23NO2/c1-19-15-10-8-14(9-11-15)16(18)17-12-4-7-13-5-2-3-6-13/h8-11,13H,2-7,12H2,1H3,(H,17,18). The molecule has 1 saturated carbocycles. The molecule has 0 aromatic heterocycles. The van der Waals surface area contributed by atoms with Gasteiger partial charge in [-0.25, -0.2) is 0 Å². The van der Waals surface area contributed by atoms with E-state index >= 15 is 0 Å². The molecule has 1 aliphatic carbocycles. The van der Waals surface area contributed by atoms with Crippen molar-refractivity contribution in [3.8, 4) is 5.75 Å². The van der Waals surface area contributed by atoms with Gasteiger partial charge in [0.25, 0.3) is 5.91 Å². The molecule has 3 nitrogen and oxygen atoms in total. The monoisotopic (exact) mass is 261 g/mol. The minimum absolute atomic E-state index is 0.00840. The number of benzene rings is 1. The van der Waals surface area contributed by atoms with E-state index in [2.05, 4.69) is 5.32 Å². The zero-order valence-corrected chi connectivity index (χ0v) is 11.7. The molecule has 1 aromatic rings. The highest BCUT2D eigenvalue weighted by Gasteiger charge is 2.14. The van der Waals surface area contributed by atoms with Crippen LogP contribution in [0.2, 0.25) is 0 Å². The summed E-state index contributed by atoms with van der Waals surface area (Å²) >= 11 is 0. The third kappa shape index (κ3) is 4.27. The first kappa shape index (κ1) is 13.9. The summed E-state index contributed by atoms with van der Waals surface area (Å²) < 4.78 is 5.07. The van der Waals surface area contributed by atoms with Gasteiger partial charge in [-0.1, -0.05) is 25.7 Å². The number of carbonyl (C=O) groups excluding carboxylic acids is 1.